The van der Waals surface area contributed by atoms with Gasteiger partial charge in [-0.1, -0.05) is 18.5 Å². The minimum atomic E-state index is -0.369. The van der Waals surface area contributed by atoms with Crippen molar-refractivity contribution in [3.05, 3.63) is 50.7 Å². The van der Waals surface area contributed by atoms with Gasteiger partial charge in [0.25, 0.3) is 0 Å². The molecule has 5 heteroatoms. The van der Waals surface area contributed by atoms with E-state index in [-0.39, 0.29) is 12.0 Å². The summed E-state index contributed by atoms with van der Waals surface area (Å²) in [4.78, 5) is 14.2. The molecule has 0 aliphatic heterocycles. The Labute approximate surface area is 133 Å². The molecule has 0 amide bonds. The standard InChI is InChI=1S/C16H18ClNO2S/c1-4-12-6-8-15(21-12)10(2)18-14-9-11(16(19)20-3)5-7-13(14)17/h5-10,18H,4H2,1-3H3. The summed E-state index contributed by atoms with van der Waals surface area (Å²) in [7, 11) is 1.37. The number of rotatable bonds is 5. The van der Waals surface area contributed by atoms with Gasteiger partial charge in [-0.25, -0.2) is 4.79 Å². The van der Waals surface area contributed by atoms with Crippen molar-refractivity contribution >= 4 is 34.6 Å². The number of carbonyl (C=O) groups excluding carboxylic acids is 1. The molecule has 1 aromatic heterocycles. The average Bonchev–Trinajstić information content (AvgIpc) is 2.97. The van der Waals surface area contributed by atoms with Crippen LogP contribution in [0.25, 0.3) is 0 Å². The molecule has 112 valence electrons. The quantitative estimate of drug-likeness (QED) is 0.793. The van der Waals surface area contributed by atoms with E-state index < -0.39 is 0 Å². The zero-order valence-corrected chi connectivity index (χ0v) is 13.8. The topological polar surface area (TPSA) is 38.3 Å². The van der Waals surface area contributed by atoms with Gasteiger partial charge in [0.2, 0.25) is 0 Å². The van der Waals surface area contributed by atoms with Crippen molar-refractivity contribution in [1.82, 2.24) is 0 Å². The minimum absolute atomic E-state index is 0.126. The maximum absolute atomic E-state index is 11.6. The maximum atomic E-state index is 11.6. The van der Waals surface area contributed by atoms with Gasteiger partial charge in [-0.15, -0.1) is 11.3 Å². The van der Waals surface area contributed by atoms with Crippen LogP contribution in [0.2, 0.25) is 5.02 Å². The molecule has 1 atom stereocenters. The molecule has 0 aliphatic carbocycles. The van der Waals surface area contributed by atoms with E-state index in [9.17, 15) is 4.79 Å². The second-order valence-corrected chi connectivity index (χ2v) is 6.32. The zero-order chi connectivity index (χ0) is 15.4. The predicted octanol–water partition coefficient (Wildman–Crippen LogP) is 4.92. The van der Waals surface area contributed by atoms with Crippen molar-refractivity contribution in [2.24, 2.45) is 0 Å². The third-order valence-electron chi connectivity index (χ3n) is 3.22. The number of methoxy groups -OCH3 is 1. The van der Waals surface area contributed by atoms with Crippen molar-refractivity contribution in [2.45, 2.75) is 26.3 Å². The lowest BCUT2D eigenvalue weighted by molar-refractivity contribution is 0.0601. The average molecular weight is 324 g/mol. The van der Waals surface area contributed by atoms with Crippen LogP contribution in [0, 0.1) is 0 Å². The van der Waals surface area contributed by atoms with E-state index in [1.54, 1.807) is 29.5 Å². The van der Waals surface area contributed by atoms with E-state index in [1.165, 1.54) is 16.9 Å². The minimum Gasteiger partial charge on any atom is -0.465 e. The predicted molar refractivity (Wildman–Crippen MR) is 88.5 cm³/mol. The highest BCUT2D eigenvalue weighted by Crippen LogP contribution is 2.30. The molecule has 3 nitrogen and oxygen atoms in total. The molecule has 1 aromatic carbocycles. The van der Waals surface area contributed by atoms with Crippen LogP contribution in [0.15, 0.2) is 30.3 Å². The Morgan fingerprint density at radius 3 is 2.76 bits per heavy atom. The van der Waals surface area contributed by atoms with Crippen LogP contribution in [0.1, 0.15) is 40.0 Å². The summed E-state index contributed by atoms with van der Waals surface area (Å²) in [5, 5.41) is 3.94. The summed E-state index contributed by atoms with van der Waals surface area (Å²) in [5.74, 6) is -0.369. The first-order valence-electron chi connectivity index (χ1n) is 6.78. The summed E-state index contributed by atoms with van der Waals surface area (Å²) in [6.45, 7) is 4.22. The molecule has 0 saturated heterocycles. The second kappa shape index (κ2) is 6.96. The van der Waals surface area contributed by atoms with Crippen LogP contribution < -0.4 is 5.32 Å². The normalized spacial score (nSPS) is 12.0. The lowest BCUT2D eigenvalue weighted by Gasteiger charge is -2.15. The first-order chi connectivity index (χ1) is 10.0. The number of aryl methyl sites for hydroxylation is 1. The summed E-state index contributed by atoms with van der Waals surface area (Å²) >= 11 is 7.98. The number of ether oxygens (including phenoxy) is 1. The monoisotopic (exact) mass is 323 g/mol. The van der Waals surface area contributed by atoms with Gasteiger partial charge in [-0.2, -0.15) is 0 Å². The van der Waals surface area contributed by atoms with Crippen molar-refractivity contribution in [2.75, 3.05) is 12.4 Å². The lowest BCUT2D eigenvalue weighted by atomic mass is 10.2. The molecule has 1 heterocycles. The fourth-order valence-corrected chi connectivity index (χ4v) is 3.13. The van der Waals surface area contributed by atoms with E-state index in [0.29, 0.717) is 10.6 Å². The van der Waals surface area contributed by atoms with Gasteiger partial charge in [0.05, 0.1) is 29.4 Å². The largest absolute Gasteiger partial charge is 0.465 e. The number of halogens is 1. The number of benzene rings is 1. The Morgan fingerprint density at radius 2 is 2.14 bits per heavy atom. The van der Waals surface area contributed by atoms with Gasteiger partial charge in [-0.3, -0.25) is 0 Å². The van der Waals surface area contributed by atoms with E-state index >= 15 is 0 Å². The number of esters is 1. The first kappa shape index (κ1) is 15.9. The third kappa shape index (κ3) is 3.77. The highest BCUT2D eigenvalue weighted by Gasteiger charge is 2.13. The number of hydrogen-bond acceptors (Lipinski definition) is 4. The van der Waals surface area contributed by atoms with Crippen molar-refractivity contribution in [3.63, 3.8) is 0 Å². The second-order valence-electron chi connectivity index (χ2n) is 4.71. The van der Waals surface area contributed by atoms with E-state index in [0.717, 1.165) is 12.1 Å². The fourth-order valence-electron chi connectivity index (χ4n) is 2.00. The molecule has 0 saturated carbocycles. The molecule has 0 bridgehead atoms. The number of nitrogens with one attached hydrogen (secondary N) is 1. The Hall–Kier alpha value is -1.52. The Balaban J connectivity index is 2.19. The van der Waals surface area contributed by atoms with Gasteiger partial charge >= 0.3 is 5.97 Å². The van der Waals surface area contributed by atoms with Gasteiger partial charge in [0.1, 0.15) is 0 Å². The smallest absolute Gasteiger partial charge is 0.337 e. The van der Waals surface area contributed by atoms with Crippen molar-refractivity contribution in [3.8, 4) is 0 Å². The molecular formula is C16H18ClNO2S. The van der Waals surface area contributed by atoms with Crippen LogP contribution >= 0.6 is 22.9 Å². The highest BCUT2D eigenvalue weighted by molar-refractivity contribution is 7.12. The van der Waals surface area contributed by atoms with Gasteiger partial charge < -0.3 is 10.1 Å². The van der Waals surface area contributed by atoms with Crippen molar-refractivity contribution < 1.29 is 9.53 Å². The number of anilines is 1. The van der Waals surface area contributed by atoms with Crippen molar-refractivity contribution in [1.29, 1.82) is 0 Å². The van der Waals surface area contributed by atoms with Gasteiger partial charge in [0, 0.05) is 9.75 Å². The molecule has 0 radical (unpaired) electrons. The van der Waals surface area contributed by atoms with Gasteiger partial charge in [-0.05, 0) is 43.7 Å². The molecule has 1 unspecified atom stereocenters. The Morgan fingerprint density at radius 1 is 1.38 bits per heavy atom. The maximum Gasteiger partial charge on any atom is 0.337 e. The summed E-state index contributed by atoms with van der Waals surface area (Å²) < 4.78 is 4.73. The van der Waals surface area contributed by atoms with Crippen LogP contribution in [0.4, 0.5) is 5.69 Å². The Bertz CT molecular complexity index is 639. The van der Waals surface area contributed by atoms with E-state index in [1.807, 2.05) is 0 Å². The molecule has 2 aromatic rings. The van der Waals surface area contributed by atoms with Gasteiger partial charge in [0.15, 0.2) is 0 Å². The summed E-state index contributed by atoms with van der Waals surface area (Å²) in [5.41, 5.74) is 1.22. The number of thiophene rings is 1. The molecule has 0 spiro atoms. The van der Waals surface area contributed by atoms with Crippen LogP contribution in [-0.4, -0.2) is 13.1 Å². The molecule has 0 aliphatic rings. The number of carbonyl (C=O) groups is 1. The lowest BCUT2D eigenvalue weighted by Crippen LogP contribution is -2.07. The third-order valence-corrected chi connectivity index (χ3v) is 4.96. The summed E-state index contributed by atoms with van der Waals surface area (Å²) in [6, 6.07) is 9.47. The highest BCUT2D eigenvalue weighted by atomic mass is 35.5. The Kier molecular flexibility index (Phi) is 5.26. The molecular weight excluding hydrogens is 306 g/mol. The van der Waals surface area contributed by atoms with E-state index in [2.05, 4.69) is 31.3 Å². The fraction of sp³-hybridized carbons (Fsp3) is 0.312. The van der Waals surface area contributed by atoms with E-state index in [4.69, 9.17) is 16.3 Å². The molecule has 21 heavy (non-hydrogen) atoms. The number of hydrogen-bond donors (Lipinski definition) is 1. The van der Waals surface area contributed by atoms with Crippen LogP contribution in [-0.2, 0) is 11.2 Å². The summed E-state index contributed by atoms with van der Waals surface area (Å²) in [6.07, 6.45) is 1.04. The zero-order valence-electron chi connectivity index (χ0n) is 12.3. The SMILES string of the molecule is CCc1ccc(C(C)Nc2cc(C(=O)OC)ccc2Cl)s1. The molecule has 2 rings (SSSR count). The molecule has 0 fully saturated rings. The van der Waals surface area contributed by atoms with Crippen LogP contribution in [0.3, 0.4) is 0 Å². The van der Waals surface area contributed by atoms with Crippen LogP contribution in [0.5, 0.6) is 0 Å². The first-order valence-corrected chi connectivity index (χ1v) is 7.97. The molecule has 1 N–H and O–H groups in total.